The normalized spacial score (nSPS) is 16.2. The van der Waals surface area contributed by atoms with Gasteiger partial charge in [-0.3, -0.25) is 4.79 Å². The molecule has 2 rings (SSSR count). The summed E-state index contributed by atoms with van der Waals surface area (Å²) in [5.74, 6) is 0.00546. The Morgan fingerprint density at radius 3 is 2.81 bits per heavy atom. The maximum atomic E-state index is 12.0. The molecule has 0 aliphatic carbocycles. The Kier molecular flexibility index (Phi) is 3.35. The van der Waals surface area contributed by atoms with E-state index in [0.29, 0.717) is 5.69 Å². The summed E-state index contributed by atoms with van der Waals surface area (Å²) in [4.78, 5) is 12.0. The van der Waals surface area contributed by atoms with E-state index in [1.807, 2.05) is 16.8 Å². The van der Waals surface area contributed by atoms with Crippen LogP contribution in [0, 0.1) is 0 Å². The monoisotopic (exact) mass is 285 g/mol. The predicted molar refractivity (Wildman–Crippen MR) is 66.6 cm³/mol. The molecule has 0 bridgehead atoms. The van der Waals surface area contributed by atoms with E-state index in [-0.39, 0.29) is 18.0 Å². The van der Waals surface area contributed by atoms with Crippen LogP contribution in [0.2, 0.25) is 0 Å². The van der Waals surface area contributed by atoms with E-state index >= 15 is 0 Å². The number of hydrogen-bond donors (Lipinski definition) is 2. The molecule has 2 N–H and O–H groups in total. The molecule has 0 unspecified atom stereocenters. The maximum absolute atomic E-state index is 12.0. The van der Waals surface area contributed by atoms with E-state index in [9.17, 15) is 4.79 Å². The highest BCUT2D eigenvalue weighted by atomic mass is 79.9. The van der Waals surface area contributed by atoms with Crippen molar-refractivity contribution >= 4 is 21.8 Å². The van der Waals surface area contributed by atoms with Gasteiger partial charge in [0.25, 0.3) is 5.91 Å². The molecule has 0 radical (unpaired) electrons. The van der Waals surface area contributed by atoms with Crippen LogP contribution in [0.5, 0.6) is 0 Å². The Hall–Kier alpha value is -0.810. The first-order valence-electron chi connectivity index (χ1n) is 5.47. The number of nitrogens with one attached hydrogen (secondary N) is 2. The molecule has 1 aromatic rings. The smallest absolute Gasteiger partial charge is 0.268 e. The van der Waals surface area contributed by atoms with Crippen LogP contribution in [0.3, 0.4) is 0 Å². The molecule has 1 aliphatic heterocycles. The standard InChI is InChI=1S/C11H16BrN3O/c1-7(2)15-6-8(12)3-10(15)11(16)14-9-4-13-5-9/h3,6-7,9,13H,4-5H2,1-2H3,(H,14,16). The number of hydrogen-bond acceptors (Lipinski definition) is 2. The van der Waals surface area contributed by atoms with Gasteiger partial charge >= 0.3 is 0 Å². The van der Waals surface area contributed by atoms with Gasteiger partial charge in [-0.05, 0) is 35.8 Å². The average molecular weight is 286 g/mol. The van der Waals surface area contributed by atoms with Gasteiger partial charge in [-0.2, -0.15) is 0 Å². The number of nitrogens with zero attached hydrogens (tertiary/aromatic N) is 1. The van der Waals surface area contributed by atoms with Gasteiger partial charge in [0.05, 0.1) is 6.04 Å². The lowest BCUT2D eigenvalue weighted by atomic mass is 10.2. The maximum Gasteiger partial charge on any atom is 0.268 e. The average Bonchev–Trinajstić information content (AvgIpc) is 2.53. The van der Waals surface area contributed by atoms with Crippen LogP contribution in [0.1, 0.15) is 30.4 Å². The molecular formula is C11H16BrN3O. The minimum Gasteiger partial charge on any atom is -0.345 e. The van der Waals surface area contributed by atoms with Gasteiger partial charge in [0, 0.05) is 29.8 Å². The number of aromatic nitrogens is 1. The second-order valence-corrected chi connectivity index (χ2v) is 5.29. The second-order valence-electron chi connectivity index (χ2n) is 4.37. The third kappa shape index (κ3) is 2.30. The Labute approximate surface area is 104 Å². The molecule has 4 nitrogen and oxygen atoms in total. The molecule has 0 aromatic carbocycles. The Morgan fingerprint density at radius 1 is 1.62 bits per heavy atom. The van der Waals surface area contributed by atoms with Crippen molar-refractivity contribution < 1.29 is 4.79 Å². The van der Waals surface area contributed by atoms with Gasteiger partial charge in [0.1, 0.15) is 5.69 Å². The van der Waals surface area contributed by atoms with Crippen molar-refractivity contribution in [1.29, 1.82) is 0 Å². The summed E-state index contributed by atoms with van der Waals surface area (Å²) in [6.45, 7) is 5.87. The highest BCUT2D eigenvalue weighted by Crippen LogP contribution is 2.19. The first-order chi connectivity index (χ1) is 7.58. The summed E-state index contributed by atoms with van der Waals surface area (Å²) in [5.41, 5.74) is 0.716. The van der Waals surface area contributed by atoms with Gasteiger partial charge in [-0.1, -0.05) is 0 Å². The minimum atomic E-state index is 0.00546. The molecule has 1 amide bonds. The lowest BCUT2D eigenvalue weighted by Gasteiger charge is -2.28. The van der Waals surface area contributed by atoms with Crippen molar-refractivity contribution in [1.82, 2.24) is 15.2 Å². The molecule has 0 spiro atoms. The molecule has 16 heavy (non-hydrogen) atoms. The van der Waals surface area contributed by atoms with E-state index in [1.165, 1.54) is 0 Å². The molecule has 5 heteroatoms. The summed E-state index contributed by atoms with van der Waals surface area (Å²) in [5, 5.41) is 6.13. The molecule has 1 aromatic heterocycles. The number of carbonyl (C=O) groups is 1. The van der Waals surface area contributed by atoms with Crippen LogP contribution in [-0.4, -0.2) is 29.6 Å². The molecule has 0 atom stereocenters. The van der Waals surface area contributed by atoms with Crippen molar-refractivity contribution in [3.63, 3.8) is 0 Å². The zero-order chi connectivity index (χ0) is 11.7. The zero-order valence-electron chi connectivity index (χ0n) is 9.46. The summed E-state index contributed by atoms with van der Waals surface area (Å²) in [6.07, 6.45) is 1.94. The Morgan fingerprint density at radius 2 is 2.31 bits per heavy atom. The second kappa shape index (κ2) is 4.59. The molecular weight excluding hydrogens is 270 g/mol. The summed E-state index contributed by atoms with van der Waals surface area (Å²) in [7, 11) is 0. The van der Waals surface area contributed by atoms with Crippen molar-refractivity contribution in [2.45, 2.75) is 25.9 Å². The van der Waals surface area contributed by atoms with Gasteiger partial charge in [0.15, 0.2) is 0 Å². The quantitative estimate of drug-likeness (QED) is 0.885. The lowest BCUT2D eigenvalue weighted by Crippen LogP contribution is -2.57. The van der Waals surface area contributed by atoms with E-state index in [2.05, 4.69) is 40.4 Å². The summed E-state index contributed by atoms with van der Waals surface area (Å²) < 4.78 is 2.92. The van der Waals surface area contributed by atoms with Crippen LogP contribution in [0.25, 0.3) is 0 Å². The predicted octanol–water partition coefficient (Wildman–Crippen LogP) is 1.53. The van der Waals surface area contributed by atoms with Crippen molar-refractivity contribution in [2.75, 3.05) is 13.1 Å². The topological polar surface area (TPSA) is 46.1 Å². The number of amides is 1. The first-order valence-corrected chi connectivity index (χ1v) is 6.26. The van der Waals surface area contributed by atoms with Crippen LogP contribution in [0.15, 0.2) is 16.7 Å². The van der Waals surface area contributed by atoms with Gasteiger partial charge in [0.2, 0.25) is 0 Å². The van der Waals surface area contributed by atoms with Crippen LogP contribution in [-0.2, 0) is 0 Å². The molecule has 2 heterocycles. The summed E-state index contributed by atoms with van der Waals surface area (Å²) in [6, 6.07) is 2.43. The number of carbonyl (C=O) groups excluding carboxylic acids is 1. The third-order valence-electron chi connectivity index (χ3n) is 2.72. The lowest BCUT2D eigenvalue weighted by molar-refractivity contribution is 0.0913. The minimum absolute atomic E-state index is 0.00546. The van der Waals surface area contributed by atoms with Crippen LogP contribution >= 0.6 is 15.9 Å². The SMILES string of the molecule is CC(C)n1cc(Br)cc1C(=O)NC1CNC1. The van der Waals surface area contributed by atoms with Crippen LogP contribution < -0.4 is 10.6 Å². The molecule has 88 valence electrons. The van der Waals surface area contributed by atoms with E-state index < -0.39 is 0 Å². The molecule has 1 saturated heterocycles. The highest BCUT2D eigenvalue weighted by Gasteiger charge is 2.22. The number of halogens is 1. The summed E-state index contributed by atoms with van der Waals surface area (Å²) >= 11 is 3.40. The van der Waals surface area contributed by atoms with Gasteiger partial charge < -0.3 is 15.2 Å². The Balaban J connectivity index is 2.14. The third-order valence-corrected chi connectivity index (χ3v) is 3.15. The van der Waals surface area contributed by atoms with Crippen molar-refractivity contribution in [2.24, 2.45) is 0 Å². The van der Waals surface area contributed by atoms with Gasteiger partial charge in [-0.15, -0.1) is 0 Å². The van der Waals surface area contributed by atoms with Crippen molar-refractivity contribution in [3.8, 4) is 0 Å². The van der Waals surface area contributed by atoms with E-state index in [0.717, 1.165) is 17.6 Å². The Bertz CT molecular complexity index is 396. The first kappa shape index (κ1) is 11.7. The van der Waals surface area contributed by atoms with Crippen LogP contribution in [0.4, 0.5) is 0 Å². The van der Waals surface area contributed by atoms with Gasteiger partial charge in [-0.25, -0.2) is 0 Å². The zero-order valence-corrected chi connectivity index (χ0v) is 11.0. The molecule has 1 fully saturated rings. The molecule has 1 aliphatic rings. The fourth-order valence-electron chi connectivity index (χ4n) is 1.70. The van der Waals surface area contributed by atoms with E-state index in [4.69, 9.17) is 0 Å². The van der Waals surface area contributed by atoms with E-state index in [1.54, 1.807) is 0 Å². The van der Waals surface area contributed by atoms with Crippen molar-refractivity contribution in [3.05, 3.63) is 22.4 Å². The largest absolute Gasteiger partial charge is 0.345 e. The fourth-order valence-corrected chi connectivity index (χ4v) is 2.14. The molecule has 0 saturated carbocycles. The highest BCUT2D eigenvalue weighted by molar-refractivity contribution is 9.10. The number of rotatable bonds is 3. The fraction of sp³-hybridized carbons (Fsp3) is 0.545.